The number of aromatic nitrogens is 2. The van der Waals surface area contributed by atoms with Crippen LogP contribution in [0.4, 0.5) is 0 Å². The van der Waals surface area contributed by atoms with Gasteiger partial charge in [0.2, 0.25) is 0 Å². The zero-order chi connectivity index (χ0) is 24.4. The van der Waals surface area contributed by atoms with Crippen LogP contribution in [0.15, 0.2) is 30.3 Å². The predicted octanol–water partition coefficient (Wildman–Crippen LogP) is 3.91. The molecule has 1 aliphatic rings. The number of aryl methyl sites for hydroxylation is 2. The fourth-order valence-electron chi connectivity index (χ4n) is 4.41. The van der Waals surface area contributed by atoms with Gasteiger partial charge in [0.05, 0.1) is 5.52 Å². The molecule has 1 aromatic heterocycles. The van der Waals surface area contributed by atoms with Gasteiger partial charge in [-0.3, -0.25) is 14.7 Å². The smallest absolute Gasteiger partial charge is 0.254 e. The Morgan fingerprint density at radius 3 is 2.65 bits per heavy atom. The quantitative estimate of drug-likeness (QED) is 0.533. The second-order valence-electron chi connectivity index (χ2n) is 10.0. The van der Waals surface area contributed by atoms with Crippen molar-refractivity contribution in [1.82, 2.24) is 25.3 Å². The predicted molar refractivity (Wildman–Crippen MR) is 135 cm³/mol. The number of carbonyl (C=O) groups excluding carboxylic acids is 2. The molecule has 2 heterocycles. The molecule has 180 valence electrons. The number of nitrogens with zero attached hydrogens (tertiary/aromatic N) is 3. The minimum absolute atomic E-state index is 0.0172. The first kappa shape index (κ1) is 24.0. The van der Waals surface area contributed by atoms with Crippen molar-refractivity contribution in [2.24, 2.45) is 5.92 Å². The molecule has 2 N–H and O–H groups in total. The van der Waals surface area contributed by atoms with Crippen molar-refractivity contribution in [3.05, 3.63) is 63.8 Å². The van der Waals surface area contributed by atoms with Crippen molar-refractivity contribution in [1.29, 1.82) is 0 Å². The number of H-pyrrole nitrogens is 1. The van der Waals surface area contributed by atoms with Crippen molar-refractivity contribution in [2.75, 3.05) is 27.2 Å². The van der Waals surface area contributed by atoms with Crippen LogP contribution in [0.1, 0.15) is 63.4 Å². The SMILES string of the molecule is Cc1cc2n[nH]c(CCC(C)C)c2cc1C(=O)N1Cc2ccc(C(=O)NCCN(C)C)cc2C1. The second kappa shape index (κ2) is 9.97. The molecule has 0 radical (unpaired) electrons. The third-order valence-corrected chi connectivity index (χ3v) is 6.50. The first-order valence-corrected chi connectivity index (χ1v) is 12.0. The summed E-state index contributed by atoms with van der Waals surface area (Å²) in [5, 5.41) is 11.6. The standard InChI is InChI=1S/C27H35N5O2/c1-17(2)6-9-24-23-14-22(18(3)12-25(23)30-29-24)27(34)32-15-20-8-7-19(13-21(20)16-32)26(33)28-10-11-31(4)5/h7-8,12-14,17H,6,9-11,15-16H2,1-5H3,(H,28,33)(H,29,30). The van der Waals surface area contributed by atoms with E-state index in [0.29, 0.717) is 36.7 Å². The third kappa shape index (κ3) is 5.14. The molecule has 7 heteroatoms. The molecule has 0 bridgehead atoms. The molecule has 0 aliphatic carbocycles. The number of amides is 2. The van der Waals surface area contributed by atoms with E-state index in [1.807, 2.05) is 61.2 Å². The van der Waals surface area contributed by atoms with Crippen LogP contribution in [-0.2, 0) is 19.5 Å². The molecule has 34 heavy (non-hydrogen) atoms. The van der Waals surface area contributed by atoms with E-state index in [9.17, 15) is 9.59 Å². The lowest BCUT2D eigenvalue weighted by molar-refractivity contribution is 0.0750. The zero-order valence-electron chi connectivity index (χ0n) is 20.9. The molecule has 0 saturated heterocycles. The first-order valence-electron chi connectivity index (χ1n) is 12.0. The molecule has 3 aromatic rings. The average Bonchev–Trinajstić information content (AvgIpc) is 3.39. The highest BCUT2D eigenvalue weighted by atomic mass is 16.2. The van der Waals surface area contributed by atoms with E-state index in [4.69, 9.17) is 0 Å². The molecule has 0 unspecified atom stereocenters. The molecular formula is C27H35N5O2. The number of fused-ring (bicyclic) bond motifs is 2. The summed E-state index contributed by atoms with van der Waals surface area (Å²) in [5.41, 5.74) is 6.41. The fourth-order valence-corrected chi connectivity index (χ4v) is 4.41. The Hall–Kier alpha value is -3.19. The van der Waals surface area contributed by atoms with Gasteiger partial charge in [0.15, 0.2) is 0 Å². The molecule has 0 fully saturated rings. The maximum atomic E-state index is 13.5. The molecule has 2 amide bonds. The molecule has 0 atom stereocenters. The third-order valence-electron chi connectivity index (χ3n) is 6.50. The van der Waals surface area contributed by atoms with Gasteiger partial charge in [-0.1, -0.05) is 19.9 Å². The van der Waals surface area contributed by atoms with E-state index in [1.54, 1.807) is 0 Å². The maximum Gasteiger partial charge on any atom is 0.254 e. The van der Waals surface area contributed by atoms with E-state index in [1.165, 1.54) is 0 Å². The van der Waals surface area contributed by atoms with Gasteiger partial charge in [-0.05, 0) is 80.7 Å². The van der Waals surface area contributed by atoms with Crippen LogP contribution in [0, 0.1) is 12.8 Å². The van der Waals surface area contributed by atoms with Crippen LogP contribution in [0.3, 0.4) is 0 Å². The van der Waals surface area contributed by atoms with E-state index in [0.717, 1.165) is 52.7 Å². The van der Waals surface area contributed by atoms with Crippen molar-refractivity contribution in [3.63, 3.8) is 0 Å². The number of nitrogens with one attached hydrogen (secondary N) is 2. The molecule has 0 spiro atoms. The zero-order valence-corrected chi connectivity index (χ0v) is 20.9. The highest BCUT2D eigenvalue weighted by Crippen LogP contribution is 2.28. The number of likely N-dealkylation sites (N-methyl/N-ethyl adjacent to an activating group) is 1. The Morgan fingerprint density at radius 1 is 1.15 bits per heavy atom. The van der Waals surface area contributed by atoms with Crippen molar-refractivity contribution >= 4 is 22.7 Å². The van der Waals surface area contributed by atoms with Gasteiger partial charge in [-0.25, -0.2) is 0 Å². The van der Waals surface area contributed by atoms with Gasteiger partial charge in [0.25, 0.3) is 11.8 Å². The van der Waals surface area contributed by atoms with E-state index in [2.05, 4.69) is 29.4 Å². The first-order chi connectivity index (χ1) is 16.2. The average molecular weight is 462 g/mol. The lowest BCUT2D eigenvalue weighted by Crippen LogP contribution is -2.31. The number of aromatic amines is 1. The second-order valence-corrected chi connectivity index (χ2v) is 10.0. The molecule has 4 rings (SSSR count). The Morgan fingerprint density at radius 2 is 1.91 bits per heavy atom. The highest BCUT2D eigenvalue weighted by Gasteiger charge is 2.26. The Kier molecular flexibility index (Phi) is 7.03. The van der Waals surface area contributed by atoms with Gasteiger partial charge < -0.3 is 15.1 Å². The minimum Gasteiger partial charge on any atom is -0.351 e. The molecule has 0 saturated carbocycles. The van der Waals surface area contributed by atoms with Gasteiger partial charge in [-0.15, -0.1) is 0 Å². The number of benzene rings is 2. The lowest BCUT2D eigenvalue weighted by Gasteiger charge is -2.17. The topological polar surface area (TPSA) is 81.3 Å². The summed E-state index contributed by atoms with van der Waals surface area (Å²) in [4.78, 5) is 29.9. The van der Waals surface area contributed by atoms with Gasteiger partial charge in [-0.2, -0.15) is 5.10 Å². The summed E-state index contributed by atoms with van der Waals surface area (Å²) in [5.74, 6) is 0.543. The van der Waals surface area contributed by atoms with Gasteiger partial charge in [0.1, 0.15) is 0 Å². The highest BCUT2D eigenvalue weighted by molar-refractivity contribution is 6.00. The normalized spacial score (nSPS) is 13.2. The Balaban J connectivity index is 1.50. The van der Waals surface area contributed by atoms with Crippen molar-refractivity contribution in [3.8, 4) is 0 Å². The lowest BCUT2D eigenvalue weighted by atomic mass is 10.0. The summed E-state index contributed by atoms with van der Waals surface area (Å²) in [6, 6.07) is 9.74. The molecule has 2 aromatic carbocycles. The Bertz CT molecular complexity index is 1210. The Labute approximate surface area is 201 Å². The van der Waals surface area contributed by atoms with E-state index in [-0.39, 0.29) is 11.8 Å². The van der Waals surface area contributed by atoms with E-state index < -0.39 is 0 Å². The van der Waals surface area contributed by atoms with Crippen LogP contribution >= 0.6 is 0 Å². The summed E-state index contributed by atoms with van der Waals surface area (Å²) < 4.78 is 0. The summed E-state index contributed by atoms with van der Waals surface area (Å²) in [6.07, 6.45) is 1.99. The van der Waals surface area contributed by atoms with Gasteiger partial charge in [0, 0.05) is 48.4 Å². The minimum atomic E-state index is -0.0791. The number of hydrogen-bond acceptors (Lipinski definition) is 4. The number of hydrogen-bond donors (Lipinski definition) is 2. The molecule has 1 aliphatic heterocycles. The van der Waals surface area contributed by atoms with E-state index >= 15 is 0 Å². The van der Waals surface area contributed by atoms with Crippen molar-refractivity contribution in [2.45, 2.75) is 46.7 Å². The van der Waals surface area contributed by atoms with Gasteiger partial charge >= 0.3 is 0 Å². The number of rotatable bonds is 8. The summed E-state index contributed by atoms with van der Waals surface area (Å²) >= 11 is 0. The molecular weight excluding hydrogens is 426 g/mol. The molecule has 7 nitrogen and oxygen atoms in total. The largest absolute Gasteiger partial charge is 0.351 e. The monoisotopic (exact) mass is 461 g/mol. The van der Waals surface area contributed by atoms with Crippen LogP contribution in [0.25, 0.3) is 10.9 Å². The van der Waals surface area contributed by atoms with Crippen molar-refractivity contribution < 1.29 is 9.59 Å². The van der Waals surface area contributed by atoms with Crippen LogP contribution in [-0.4, -0.2) is 59.0 Å². The van der Waals surface area contributed by atoms with Crippen LogP contribution < -0.4 is 5.32 Å². The number of carbonyl (C=O) groups is 2. The summed E-state index contributed by atoms with van der Waals surface area (Å²) in [6.45, 7) is 8.84. The van der Waals surface area contributed by atoms with Crippen LogP contribution in [0.5, 0.6) is 0 Å². The summed E-state index contributed by atoms with van der Waals surface area (Å²) in [7, 11) is 3.96. The fraction of sp³-hybridized carbons (Fsp3) is 0.444. The van der Waals surface area contributed by atoms with Crippen LogP contribution in [0.2, 0.25) is 0 Å². The maximum absolute atomic E-state index is 13.5.